The second kappa shape index (κ2) is 8.92. The number of halogens is 1. The molecule has 0 fully saturated rings. The highest BCUT2D eigenvalue weighted by atomic mass is 35.5. The van der Waals surface area contributed by atoms with E-state index in [0.717, 1.165) is 32.5 Å². The second-order valence-corrected chi connectivity index (χ2v) is 5.16. The Morgan fingerprint density at radius 1 is 1.00 bits per heavy atom. The number of hydrogen-bond acceptors (Lipinski definition) is 6. The molecule has 1 aromatic heterocycles. The minimum absolute atomic E-state index is 0.173. The molecule has 1 heterocycles. The minimum Gasteiger partial charge on any atom is -0.463 e. The van der Waals surface area contributed by atoms with Gasteiger partial charge in [0.15, 0.2) is 0 Å². The molecule has 0 atom stereocenters. The van der Waals surface area contributed by atoms with Gasteiger partial charge in [0.1, 0.15) is 0 Å². The maximum Gasteiger partial charge on any atom is 0.322 e. The second-order valence-electron chi connectivity index (χ2n) is 4.83. The Labute approximate surface area is 126 Å². The van der Waals surface area contributed by atoms with Crippen LogP contribution in [0.15, 0.2) is 0 Å². The number of nitrogens with zero attached hydrogens (tertiary/aromatic N) is 5. The summed E-state index contributed by atoms with van der Waals surface area (Å²) in [7, 11) is 4.08. The maximum absolute atomic E-state index is 5.96. The van der Waals surface area contributed by atoms with Gasteiger partial charge in [-0.1, -0.05) is 13.8 Å². The molecule has 6 nitrogen and oxygen atoms in total. The van der Waals surface area contributed by atoms with Gasteiger partial charge in [-0.05, 0) is 38.5 Å². The van der Waals surface area contributed by atoms with E-state index in [4.69, 9.17) is 16.3 Å². The van der Waals surface area contributed by atoms with Crippen LogP contribution in [0.4, 0.5) is 5.95 Å². The van der Waals surface area contributed by atoms with Crippen molar-refractivity contribution in [1.29, 1.82) is 0 Å². The smallest absolute Gasteiger partial charge is 0.322 e. The van der Waals surface area contributed by atoms with E-state index in [1.54, 1.807) is 0 Å². The van der Waals surface area contributed by atoms with Gasteiger partial charge in [-0.2, -0.15) is 15.0 Å². The van der Waals surface area contributed by atoms with Crippen molar-refractivity contribution in [1.82, 2.24) is 19.9 Å². The molecule has 1 rings (SSSR count). The number of ether oxygens (including phenoxy) is 1. The van der Waals surface area contributed by atoms with E-state index in [1.165, 1.54) is 0 Å². The fraction of sp³-hybridized carbons (Fsp3) is 0.769. The Balaban J connectivity index is 2.84. The lowest BCUT2D eigenvalue weighted by molar-refractivity contribution is 0.291. The van der Waals surface area contributed by atoms with Gasteiger partial charge in [-0.25, -0.2) is 0 Å². The van der Waals surface area contributed by atoms with Crippen molar-refractivity contribution in [2.45, 2.75) is 26.7 Å². The third kappa shape index (κ3) is 5.88. The van der Waals surface area contributed by atoms with Crippen LogP contribution in [0.25, 0.3) is 0 Å². The van der Waals surface area contributed by atoms with Crippen molar-refractivity contribution in [3.63, 3.8) is 0 Å². The summed E-state index contributed by atoms with van der Waals surface area (Å²) in [4.78, 5) is 16.8. The number of aromatic nitrogens is 3. The van der Waals surface area contributed by atoms with Crippen molar-refractivity contribution in [2.75, 3.05) is 45.2 Å². The average Bonchev–Trinajstić information content (AvgIpc) is 2.40. The number of likely N-dealkylation sites (N-methyl/N-ethyl adjacent to an activating group) is 1. The summed E-state index contributed by atoms with van der Waals surface area (Å²) in [5, 5.41) is 0.173. The van der Waals surface area contributed by atoms with Crippen molar-refractivity contribution < 1.29 is 4.74 Å². The van der Waals surface area contributed by atoms with Gasteiger partial charge >= 0.3 is 6.01 Å². The highest BCUT2D eigenvalue weighted by molar-refractivity contribution is 6.28. The fourth-order valence-electron chi connectivity index (χ4n) is 1.62. The van der Waals surface area contributed by atoms with Gasteiger partial charge in [0.25, 0.3) is 0 Å². The van der Waals surface area contributed by atoms with E-state index < -0.39 is 0 Å². The SMILES string of the molecule is CCCOc1nc(Cl)nc(N(CCC)CCN(C)C)n1. The molecule has 0 aliphatic heterocycles. The van der Waals surface area contributed by atoms with Gasteiger partial charge in [-0.15, -0.1) is 0 Å². The molecule has 20 heavy (non-hydrogen) atoms. The first-order valence-corrected chi connectivity index (χ1v) is 7.38. The first-order chi connectivity index (χ1) is 9.56. The van der Waals surface area contributed by atoms with Crippen LogP contribution in [0.5, 0.6) is 6.01 Å². The molecule has 0 saturated heterocycles. The number of rotatable bonds is 9. The van der Waals surface area contributed by atoms with E-state index in [1.807, 2.05) is 21.0 Å². The van der Waals surface area contributed by atoms with Crippen LogP contribution in [0.2, 0.25) is 5.28 Å². The zero-order chi connectivity index (χ0) is 15.0. The zero-order valence-corrected chi connectivity index (χ0v) is 13.5. The Bertz CT molecular complexity index is 402. The Hall–Kier alpha value is -1.14. The summed E-state index contributed by atoms with van der Waals surface area (Å²) in [5.41, 5.74) is 0. The van der Waals surface area contributed by atoms with Crippen molar-refractivity contribution in [3.8, 4) is 6.01 Å². The normalized spacial score (nSPS) is 10.9. The van der Waals surface area contributed by atoms with Crippen molar-refractivity contribution in [2.24, 2.45) is 0 Å². The summed E-state index contributed by atoms with van der Waals surface area (Å²) >= 11 is 5.96. The largest absolute Gasteiger partial charge is 0.463 e. The van der Waals surface area contributed by atoms with Crippen molar-refractivity contribution >= 4 is 17.5 Å². The van der Waals surface area contributed by atoms with E-state index >= 15 is 0 Å². The molecule has 0 aromatic carbocycles. The summed E-state index contributed by atoms with van der Waals surface area (Å²) in [6.07, 6.45) is 1.92. The summed E-state index contributed by atoms with van der Waals surface area (Å²) in [6, 6.07) is 0.299. The predicted molar refractivity (Wildman–Crippen MR) is 81.7 cm³/mol. The molecule has 0 saturated carbocycles. The van der Waals surface area contributed by atoms with Crippen LogP contribution < -0.4 is 9.64 Å². The van der Waals surface area contributed by atoms with Gasteiger partial charge in [0.2, 0.25) is 11.2 Å². The van der Waals surface area contributed by atoms with Gasteiger partial charge < -0.3 is 14.5 Å². The van der Waals surface area contributed by atoms with E-state index in [9.17, 15) is 0 Å². The lowest BCUT2D eigenvalue weighted by atomic mass is 10.4. The van der Waals surface area contributed by atoms with Gasteiger partial charge in [-0.3, -0.25) is 0 Å². The molecule has 0 radical (unpaired) electrons. The summed E-state index contributed by atoms with van der Waals surface area (Å²) in [6.45, 7) is 7.37. The lowest BCUT2D eigenvalue weighted by Gasteiger charge is -2.23. The first kappa shape index (κ1) is 16.9. The summed E-state index contributed by atoms with van der Waals surface area (Å²) < 4.78 is 5.45. The highest BCUT2D eigenvalue weighted by Gasteiger charge is 2.13. The number of hydrogen-bond donors (Lipinski definition) is 0. The number of anilines is 1. The third-order valence-corrected chi connectivity index (χ3v) is 2.77. The Morgan fingerprint density at radius 2 is 1.75 bits per heavy atom. The van der Waals surface area contributed by atoms with Crippen LogP contribution in [0.1, 0.15) is 26.7 Å². The molecule has 1 aromatic rings. The molecular formula is C13H24ClN5O. The fourth-order valence-corrected chi connectivity index (χ4v) is 1.77. The molecule has 0 amide bonds. The molecule has 114 valence electrons. The standard InChI is InChI=1S/C13H24ClN5O/c1-5-7-19(9-8-18(3)4)12-15-11(14)16-13(17-12)20-10-6-2/h5-10H2,1-4H3. The highest BCUT2D eigenvalue weighted by Crippen LogP contribution is 2.15. The molecular weight excluding hydrogens is 278 g/mol. The van der Waals surface area contributed by atoms with Crippen LogP contribution >= 0.6 is 11.6 Å². The quantitative estimate of drug-likeness (QED) is 0.696. The molecule has 0 aliphatic rings. The van der Waals surface area contributed by atoms with Gasteiger partial charge in [0, 0.05) is 19.6 Å². The van der Waals surface area contributed by atoms with Crippen LogP contribution in [0.3, 0.4) is 0 Å². The lowest BCUT2D eigenvalue weighted by Crippen LogP contribution is -2.33. The first-order valence-electron chi connectivity index (χ1n) is 7.00. The van der Waals surface area contributed by atoms with Gasteiger partial charge in [0.05, 0.1) is 6.61 Å². The monoisotopic (exact) mass is 301 g/mol. The van der Waals surface area contributed by atoms with Crippen LogP contribution in [-0.2, 0) is 0 Å². The Kier molecular flexibility index (Phi) is 7.54. The van der Waals surface area contributed by atoms with Crippen LogP contribution in [0, 0.1) is 0 Å². The molecule has 0 unspecified atom stereocenters. The minimum atomic E-state index is 0.173. The maximum atomic E-state index is 5.96. The average molecular weight is 302 g/mol. The molecule has 0 bridgehead atoms. The van der Waals surface area contributed by atoms with Crippen molar-refractivity contribution in [3.05, 3.63) is 5.28 Å². The van der Waals surface area contributed by atoms with E-state index in [0.29, 0.717) is 18.6 Å². The molecule has 0 N–H and O–H groups in total. The topological polar surface area (TPSA) is 54.4 Å². The van der Waals surface area contributed by atoms with E-state index in [-0.39, 0.29) is 5.28 Å². The van der Waals surface area contributed by atoms with Crippen LogP contribution in [-0.4, -0.2) is 60.2 Å². The molecule has 0 aliphatic carbocycles. The third-order valence-electron chi connectivity index (χ3n) is 2.60. The zero-order valence-electron chi connectivity index (χ0n) is 12.8. The Morgan fingerprint density at radius 3 is 2.35 bits per heavy atom. The predicted octanol–water partition coefficient (Wildman–Crippen LogP) is 2.09. The summed E-state index contributed by atoms with van der Waals surface area (Å²) in [5.74, 6) is 0.583. The van der Waals surface area contributed by atoms with E-state index in [2.05, 4.69) is 31.7 Å². The molecule has 0 spiro atoms. The molecule has 7 heteroatoms.